The first-order valence-corrected chi connectivity index (χ1v) is 11.6. The minimum atomic E-state index is -0.937. The van der Waals surface area contributed by atoms with E-state index in [1.54, 1.807) is 16.8 Å². The molecule has 3 aromatic rings. The third-order valence-corrected chi connectivity index (χ3v) is 6.05. The fourth-order valence-electron chi connectivity index (χ4n) is 4.13. The molecule has 2 aromatic heterocycles. The number of aliphatic hydroxyl groups excluding tert-OH is 2. The van der Waals surface area contributed by atoms with E-state index < -0.39 is 12.1 Å². The van der Waals surface area contributed by atoms with Crippen LogP contribution in [-0.2, 0) is 27.2 Å². The number of nitrogens with zero attached hydrogens (tertiary/aromatic N) is 2. The van der Waals surface area contributed by atoms with Crippen LogP contribution in [-0.4, -0.2) is 71.2 Å². The number of ether oxygens (including phenoxy) is 2. The number of carbonyl (C=O) groups excluding carboxylic acids is 2. The predicted molar refractivity (Wildman–Crippen MR) is 130 cm³/mol. The van der Waals surface area contributed by atoms with Crippen molar-refractivity contribution in [1.82, 2.24) is 9.55 Å². The average molecular weight is 483 g/mol. The van der Waals surface area contributed by atoms with E-state index in [0.717, 1.165) is 5.56 Å². The van der Waals surface area contributed by atoms with Crippen molar-refractivity contribution in [3.05, 3.63) is 53.9 Å². The molecule has 1 aliphatic rings. The number of aliphatic hydroxyl groups is 2. The molecule has 1 saturated heterocycles. The highest BCUT2D eigenvalue weighted by atomic mass is 16.5. The number of rotatable bonds is 10. The normalized spacial score (nSPS) is 16.3. The predicted octanol–water partition coefficient (Wildman–Crippen LogP) is 1.81. The molecule has 1 aliphatic heterocycles. The number of amides is 1. The van der Waals surface area contributed by atoms with E-state index >= 15 is 0 Å². The summed E-state index contributed by atoms with van der Waals surface area (Å²) in [5.74, 6) is -1.12. The standard InChI is InChI=1S/C25H30N4O6/c1-34-25(33)22-21(28-24(32)17-8-10-35-15-17)20-11-18(26-13-19(31)14-30)12-27-23(20)29(22)9-7-16-5-3-2-4-6-16/h2-6,11-12,17,19,26,30-31H,7-10,13-15H2,1H3,(H,28,32)/t17-,19-/m1/s1. The van der Waals surface area contributed by atoms with Crippen molar-refractivity contribution in [2.45, 2.75) is 25.5 Å². The van der Waals surface area contributed by atoms with Crippen LogP contribution in [0.3, 0.4) is 0 Å². The van der Waals surface area contributed by atoms with Gasteiger partial charge in [0.25, 0.3) is 0 Å². The largest absolute Gasteiger partial charge is 0.464 e. The summed E-state index contributed by atoms with van der Waals surface area (Å²) in [6, 6.07) is 11.6. The number of hydrogen-bond donors (Lipinski definition) is 4. The molecule has 1 amide bonds. The molecule has 0 spiro atoms. The Morgan fingerprint density at radius 3 is 2.80 bits per heavy atom. The second-order valence-corrected chi connectivity index (χ2v) is 8.46. The maximum Gasteiger partial charge on any atom is 0.356 e. The van der Waals surface area contributed by atoms with Crippen LogP contribution < -0.4 is 10.6 Å². The first kappa shape index (κ1) is 24.6. The second kappa shape index (κ2) is 11.3. The Morgan fingerprint density at radius 2 is 2.11 bits per heavy atom. The molecular formula is C25H30N4O6. The molecular weight excluding hydrogens is 452 g/mol. The van der Waals surface area contributed by atoms with Gasteiger partial charge in [-0.15, -0.1) is 0 Å². The first-order chi connectivity index (χ1) is 17.0. The molecule has 10 heteroatoms. The van der Waals surface area contributed by atoms with Crippen LogP contribution in [0.2, 0.25) is 0 Å². The Balaban J connectivity index is 1.76. The first-order valence-electron chi connectivity index (χ1n) is 11.6. The Hall–Kier alpha value is -3.47. The quantitative estimate of drug-likeness (QED) is 0.322. The lowest BCUT2D eigenvalue weighted by Crippen LogP contribution is -2.24. The summed E-state index contributed by atoms with van der Waals surface area (Å²) in [5, 5.41) is 25.3. The number of aromatic nitrogens is 2. The van der Waals surface area contributed by atoms with E-state index in [1.807, 2.05) is 30.3 Å². The number of carbonyl (C=O) groups is 2. The van der Waals surface area contributed by atoms with Crippen LogP contribution in [0, 0.1) is 5.92 Å². The van der Waals surface area contributed by atoms with Gasteiger partial charge in [0, 0.05) is 25.1 Å². The van der Waals surface area contributed by atoms with Crippen molar-refractivity contribution >= 4 is 34.3 Å². The number of esters is 1. The maximum atomic E-state index is 13.0. The summed E-state index contributed by atoms with van der Waals surface area (Å²) in [5.41, 5.74) is 2.73. The van der Waals surface area contributed by atoms with Gasteiger partial charge in [-0.05, 0) is 24.5 Å². The molecule has 10 nitrogen and oxygen atoms in total. The lowest BCUT2D eigenvalue weighted by Gasteiger charge is -2.12. The molecule has 1 aromatic carbocycles. The molecule has 35 heavy (non-hydrogen) atoms. The fourth-order valence-corrected chi connectivity index (χ4v) is 4.13. The fraction of sp³-hybridized carbons (Fsp3) is 0.400. The third kappa shape index (κ3) is 5.61. The van der Waals surface area contributed by atoms with Crippen molar-refractivity contribution in [3.8, 4) is 0 Å². The Labute approximate surface area is 202 Å². The maximum absolute atomic E-state index is 13.0. The summed E-state index contributed by atoms with van der Waals surface area (Å²) in [6.45, 7) is 1.02. The highest BCUT2D eigenvalue weighted by Crippen LogP contribution is 2.33. The number of fused-ring (bicyclic) bond motifs is 1. The van der Waals surface area contributed by atoms with Gasteiger partial charge in [0.15, 0.2) is 5.69 Å². The van der Waals surface area contributed by atoms with Gasteiger partial charge in [0.05, 0.1) is 49.9 Å². The zero-order valence-electron chi connectivity index (χ0n) is 19.6. The molecule has 2 atom stereocenters. The zero-order chi connectivity index (χ0) is 24.8. The van der Waals surface area contributed by atoms with Crippen LogP contribution in [0.25, 0.3) is 11.0 Å². The number of nitrogens with one attached hydrogen (secondary N) is 2. The smallest absolute Gasteiger partial charge is 0.356 e. The van der Waals surface area contributed by atoms with E-state index in [2.05, 4.69) is 15.6 Å². The van der Waals surface area contributed by atoms with Gasteiger partial charge >= 0.3 is 5.97 Å². The van der Waals surface area contributed by atoms with E-state index in [4.69, 9.17) is 14.6 Å². The number of pyridine rings is 1. The molecule has 0 unspecified atom stereocenters. The summed E-state index contributed by atoms with van der Waals surface area (Å²) in [6.07, 6.45) is 1.90. The summed E-state index contributed by atoms with van der Waals surface area (Å²) in [4.78, 5) is 30.5. The lowest BCUT2D eigenvalue weighted by atomic mass is 10.1. The van der Waals surface area contributed by atoms with Gasteiger partial charge in [0.2, 0.25) is 5.91 Å². The van der Waals surface area contributed by atoms with Crippen LogP contribution in [0.5, 0.6) is 0 Å². The molecule has 0 saturated carbocycles. The van der Waals surface area contributed by atoms with Crippen molar-refractivity contribution in [2.75, 3.05) is 44.1 Å². The number of hydrogen-bond acceptors (Lipinski definition) is 8. The Morgan fingerprint density at radius 1 is 1.31 bits per heavy atom. The number of aryl methyl sites for hydroxylation is 2. The molecule has 0 radical (unpaired) electrons. The van der Waals surface area contributed by atoms with Crippen molar-refractivity contribution in [2.24, 2.45) is 5.92 Å². The molecule has 1 fully saturated rings. The molecule has 4 rings (SSSR count). The highest BCUT2D eigenvalue weighted by molar-refractivity contribution is 6.11. The minimum absolute atomic E-state index is 0.114. The van der Waals surface area contributed by atoms with Crippen LogP contribution in [0.15, 0.2) is 42.6 Å². The monoisotopic (exact) mass is 482 g/mol. The van der Waals surface area contributed by atoms with Gasteiger partial charge in [0.1, 0.15) is 5.65 Å². The van der Waals surface area contributed by atoms with Gasteiger partial charge in [-0.3, -0.25) is 4.79 Å². The summed E-state index contributed by atoms with van der Waals surface area (Å²) >= 11 is 0. The number of methoxy groups -OCH3 is 1. The lowest BCUT2D eigenvalue weighted by molar-refractivity contribution is -0.119. The van der Waals surface area contributed by atoms with E-state index in [9.17, 15) is 14.7 Å². The topological polar surface area (TPSA) is 135 Å². The van der Waals surface area contributed by atoms with E-state index in [0.29, 0.717) is 55.0 Å². The summed E-state index contributed by atoms with van der Waals surface area (Å²) in [7, 11) is 1.30. The van der Waals surface area contributed by atoms with Gasteiger partial charge in [-0.2, -0.15) is 0 Å². The Kier molecular flexibility index (Phi) is 7.96. The zero-order valence-corrected chi connectivity index (χ0v) is 19.6. The third-order valence-electron chi connectivity index (χ3n) is 6.05. The van der Waals surface area contributed by atoms with Crippen molar-refractivity contribution in [1.29, 1.82) is 0 Å². The molecule has 186 valence electrons. The number of anilines is 2. The highest BCUT2D eigenvalue weighted by Gasteiger charge is 2.29. The van der Waals surface area contributed by atoms with Crippen LogP contribution in [0.4, 0.5) is 11.4 Å². The van der Waals surface area contributed by atoms with Gasteiger partial charge in [-0.1, -0.05) is 30.3 Å². The van der Waals surface area contributed by atoms with Crippen molar-refractivity contribution in [3.63, 3.8) is 0 Å². The van der Waals surface area contributed by atoms with Crippen LogP contribution in [0.1, 0.15) is 22.5 Å². The van der Waals surface area contributed by atoms with E-state index in [1.165, 1.54) is 7.11 Å². The summed E-state index contributed by atoms with van der Waals surface area (Å²) < 4.78 is 12.2. The van der Waals surface area contributed by atoms with Crippen molar-refractivity contribution < 1.29 is 29.3 Å². The Bertz CT molecular complexity index is 1170. The van der Waals surface area contributed by atoms with Crippen LogP contribution >= 0.6 is 0 Å². The van der Waals surface area contributed by atoms with E-state index in [-0.39, 0.29) is 30.7 Å². The molecule has 3 heterocycles. The number of benzene rings is 1. The molecule has 0 aliphatic carbocycles. The van der Waals surface area contributed by atoms with Gasteiger partial charge in [-0.25, -0.2) is 9.78 Å². The van der Waals surface area contributed by atoms with Gasteiger partial charge < -0.3 is 34.9 Å². The molecule has 4 N–H and O–H groups in total. The minimum Gasteiger partial charge on any atom is -0.464 e. The second-order valence-electron chi connectivity index (χ2n) is 8.46. The SMILES string of the molecule is COC(=O)c1c(NC(=O)[C@@H]2CCOC2)c2cc(NC[C@@H](O)CO)cnc2n1CCc1ccccc1. The molecule has 0 bridgehead atoms. The average Bonchev–Trinajstić information content (AvgIpc) is 3.53.